The molecule has 2 amide bonds. The van der Waals surface area contributed by atoms with Crippen LogP contribution in [0.2, 0.25) is 0 Å². The Labute approximate surface area is 174 Å². The van der Waals surface area contributed by atoms with Crippen molar-refractivity contribution in [3.8, 4) is 0 Å². The largest absolute Gasteiger partial charge is 0.334 e. The molecule has 2 aromatic rings. The Morgan fingerprint density at radius 2 is 1.79 bits per heavy atom. The van der Waals surface area contributed by atoms with Crippen LogP contribution in [0.4, 0.5) is 0 Å². The molecule has 0 saturated heterocycles. The summed E-state index contributed by atoms with van der Waals surface area (Å²) in [5.41, 5.74) is 4.40. The van der Waals surface area contributed by atoms with E-state index in [1.807, 2.05) is 35.2 Å². The maximum Gasteiger partial charge on any atom is 0.254 e. The summed E-state index contributed by atoms with van der Waals surface area (Å²) in [6, 6.07) is 16.1. The van der Waals surface area contributed by atoms with Gasteiger partial charge in [-0.2, -0.15) is 0 Å². The Balaban J connectivity index is 1.74. The summed E-state index contributed by atoms with van der Waals surface area (Å²) in [5, 5.41) is 0. The molecule has 4 nitrogen and oxygen atoms in total. The number of carbonyl (C=O) groups is 2. The van der Waals surface area contributed by atoms with Crippen molar-refractivity contribution in [2.45, 2.75) is 52.5 Å². The number of unbranched alkanes of at least 4 members (excludes halogenated alkanes) is 1. The van der Waals surface area contributed by atoms with Crippen LogP contribution in [0.25, 0.3) is 0 Å². The number of benzene rings is 2. The molecule has 0 aromatic heterocycles. The zero-order chi connectivity index (χ0) is 20.8. The zero-order valence-electron chi connectivity index (χ0n) is 17.9. The van der Waals surface area contributed by atoms with Crippen LogP contribution in [0, 0.1) is 0 Å². The summed E-state index contributed by atoms with van der Waals surface area (Å²) in [6.45, 7) is 7.73. The lowest BCUT2D eigenvalue weighted by Crippen LogP contribution is -2.46. The van der Waals surface area contributed by atoms with Crippen molar-refractivity contribution in [1.82, 2.24) is 9.80 Å². The molecule has 0 spiro atoms. The van der Waals surface area contributed by atoms with Crippen molar-refractivity contribution in [1.29, 1.82) is 0 Å². The third-order valence-corrected chi connectivity index (χ3v) is 5.92. The normalized spacial score (nSPS) is 15.7. The first-order valence-electron chi connectivity index (χ1n) is 10.8. The van der Waals surface area contributed by atoms with E-state index in [2.05, 4.69) is 39.0 Å². The van der Waals surface area contributed by atoms with Gasteiger partial charge in [0.2, 0.25) is 5.91 Å². The standard InChI is InChI=1S/C25H32N2O2/c1-4-6-16-26(25(29)22-13-11-20(5-2)12-14-22)18-24(28)27-17-15-21-9-7-8-10-23(21)19(27)3/h7-14,19H,4-6,15-18H2,1-3H3. The van der Waals surface area contributed by atoms with E-state index in [0.717, 1.165) is 25.7 Å². The number of aryl methyl sites for hydroxylation is 1. The van der Waals surface area contributed by atoms with Gasteiger partial charge in [0, 0.05) is 18.7 Å². The van der Waals surface area contributed by atoms with Gasteiger partial charge in [-0.1, -0.05) is 56.7 Å². The van der Waals surface area contributed by atoms with E-state index >= 15 is 0 Å². The summed E-state index contributed by atoms with van der Waals surface area (Å²) < 4.78 is 0. The van der Waals surface area contributed by atoms with Gasteiger partial charge in [-0.3, -0.25) is 9.59 Å². The van der Waals surface area contributed by atoms with Crippen molar-refractivity contribution in [2.24, 2.45) is 0 Å². The molecule has 0 radical (unpaired) electrons. The second-order valence-corrected chi connectivity index (χ2v) is 7.84. The lowest BCUT2D eigenvalue weighted by Gasteiger charge is -2.36. The number of hydrogen-bond acceptors (Lipinski definition) is 2. The SMILES string of the molecule is CCCCN(CC(=O)N1CCc2ccccc2C1C)C(=O)c1ccc(CC)cc1. The quantitative estimate of drug-likeness (QED) is 0.689. The predicted molar refractivity (Wildman–Crippen MR) is 117 cm³/mol. The van der Waals surface area contributed by atoms with Gasteiger partial charge in [-0.15, -0.1) is 0 Å². The molecule has 1 atom stereocenters. The van der Waals surface area contributed by atoms with Crippen LogP contribution in [-0.2, 0) is 17.6 Å². The Bertz CT molecular complexity index is 844. The highest BCUT2D eigenvalue weighted by atomic mass is 16.2. The predicted octanol–water partition coefficient (Wildman–Crippen LogP) is 4.64. The molecule has 0 aliphatic carbocycles. The molecule has 4 heteroatoms. The van der Waals surface area contributed by atoms with Gasteiger partial charge in [-0.25, -0.2) is 0 Å². The van der Waals surface area contributed by atoms with E-state index in [1.165, 1.54) is 16.7 Å². The molecule has 1 heterocycles. The van der Waals surface area contributed by atoms with Gasteiger partial charge in [0.1, 0.15) is 6.54 Å². The topological polar surface area (TPSA) is 40.6 Å². The summed E-state index contributed by atoms with van der Waals surface area (Å²) in [5.74, 6) is -0.0267. The van der Waals surface area contributed by atoms with Crippen molar-refractivity contribution in [2.75, 3.05) is 19.6 Å². The van der Waals surface area contributed by atoms with E-state index in [0.29, 0.717) is 18.7 Å². The van der Waals surface area contributed by atoms with Crippen LogP contribution >= 0.6 is 0 Å². The van der Waals surface area contributed by atoms with Gasteiger partial charge >= 0.3 is 0 Å². The fourth-order valence-corrected chi connectivity index (χ4v) is 4.03. The highest BCUT2D eigenvalue weighted by molar-refractivity contribution is 5.96. The van der Waals surface area contributed by atoms with Crippen LogP contribution in [0.3, 0.4) is 0 Å². The highest BCUT2D eigenvalue weighted by Gasteiger charge is 2.29. The first-order chi connectivity index (χ1) is 14.0. The first kappa shape index (κ1) is 21.1. The third kappa shape index (κ3) is 4.87. The molecule has 29 heavy (non-hydrogen) atoms. The Hall–Kier alpha value is -2.62. The van der Waals surface area contributed by atoms with Gasteiger partial charge in [0.15, 0.2) is 0 Å². The Morgan fingerprint density at radius 1 is 1.07 bits per heavy atom. The number of rotatable bonds is 7. The molecular weight excluding hydrogens is 360 g/mol. The number of amides is 2. The maximum absolute atomic E-state index is 13.2. The van der Waals surface area contributed by atoms with Crippen LogP contribution < -0.4 is 0 Å². The van der Waals surface area contributed by atoms with Gasteiger partial charge in [-0.05, 0) is 55.0 Å². The number of hydrogen-bond donors (Lipinski definition) is 0. The van der Waals surface area contributed by atoms with E-state index in [9.17, 15) is 9.59 Å². The fourth-order valence-electron chi connectivity index (χ4n) is 4.03. The molecule has 2 aromatic carbocycles. The van der Waals surface area contributed by atoms with Crippen molar-refractivity contribution >= 4 is 11.8 Å². The monoisotopic (exact) mass is 392 g/mol. The molecule has 154 valence electrons. The maximum atomic E-state index is 13.2. The van der Waals surface area contributed by atoms with Gasteiger partial charge < -0.3 is 9.80 Å². The molecule has 3 rings (SSSR count). The summed E-state index contributed by atoms with van der Waals surface area (Å²) in [7, 11) is 0. The third-order valence-electron chi connectivity index (χ3n) is 5.92. The second-order valence-electron chi connectivity index (χ2n) is 7.84. The zero-order valence-corrected chi connectivity index (χ0v) is 17.9. The molecule has 0 fully saturated rings. The number of nitrogens with zero attached hydrogens (tertiary/aromatic N) is 2. The molecule has 1 aliphatic rings. The highest BCUT2D eigenvalue weighted by Crippen LogP contribution is 2.29. The number of carbonyl (C=O) groups excluding carboxylic acids is 2. The summed E-state index contributed by atoms with van der Waals surface area (Å²) in [4.78, 5) is 29.9. The number of fused-ring (bicyclic) bond motifs is 1. The minimum absolute atomic E-state index is 0.0293. The van der Waals surface area contributed by atoms with E-state index < -0.39 is 0 Å². The van der Waals surface area contributed by atoms with Crippen molar-refractivity contribution in [3.63, 3.8) is 0 Å². The summed E-state index contributed by atoms with van der Waals surface area (Å²) >= 11 is 0. The fraction of sp³-hybridized carbons (Fsp3) is 0.440. The van der Waals surface area contributed by atoms with Crippen molar-refractivity contribution < 1.29 is 9.59 Å². The molecule has 1 unspecified atom stereocenters. The van der Waals surface area contributed by atoms with Crippen molar-refractivity contribution in [3.05, 3.63) is 70.8 Å². The van der Waals surface area contributed by atoms with Gasteiger partial charge in [0.25, 0.3) is 5.91 Å². The lowest BCUT2D eigenvalue weighted by molar-refractivity contribution is -0.134. The van der Waals surface area contributed by atoms with E-state index in [1.54, 1.807) is 4.90 Å². The Kier molecular flexibility index (Phi) is 7.08. The Morgan fingerprint density at radius 3 is 2.48 bits per heavy atom. The van der Waals surface area contributed by atoms with Crippen LogP contribution in [0.15, 0.2) is 48.5 Å². The van der Waals surface area contributed by atoms with E-state index in [-0.39, 0.29) is 24.4 Å². The average molecular weight is 393 g/mol. The first-order valence-corrected chi connectivity index (χ1v) is 10.8. The van der Waals surface area contributed by atoms with Crippen LogP contribution in [0.1, 0.15) is 66.7 Å². The molecular formula is C25H32N2O2. The van der Waals surface area contributed by atoms with Crippen LogP contribution in [0.5, 0.6) is 0 Å². The van der Waals surface area contributed by atoms with E-state index in [4.69, 9.17) is 0 Å². The molecule has 1 aliphatic heterocycles. The summed E-state index contributed by atoms with van der Waals surface area (Å²) in [6.07, 6.45) is 3.69. The van der Waals surface area contributed by atoms with Crippen LogP contribution in [-0.4, -0.2) is 41.2 Å². The molecule has 0 N–H and O–H groups in total. The molecule has 0 bridgehead atoms. The minimum atomic E-state index is -0.0560. The average Bonchev–Trinajstić information content (AvgIpc) is 2.76. The van der Waals surface area contributed by atoms with Gasteiger partial charge in [0.05, 0.1) is 6.04 Å². The smallest absolute Gasteiger partial charge is 0.254 e. The second kappa shape index (κ2) is 9.73. The molecule has 0 saturated carbocycles. The lowest BCUT2D eigenvalue weighted by atomic mass is 9.93. The minimum Gasteiger partial charge on any atom is -0.334 e.